The molecule has 0 aromatic heterocycles. The average Bonchev–Trinajstić information content (AvgIpc) is 3.21. The molecule has 0 spiro atoms. The number of carbonyl (C=O) groups is 1. The van der Waals surface area contributed by atoms with Crippen molar-refractivity contribution >= 4 is 5.91 Å². The van der Waals surface area contributed by atoms with E-state index in [1.54, 1.807) is 4.90 Å². The standard InChI is InChI=1S/C16H19NO2/c1-12-5-8-15(10-14(12)4-3-9-18)16(19)17(2)11-13-6-7-13/h5,8,10,13,18H,6-7,9,11H2,1-2H3. The Hall–Kier alpha value is -1.79. The van der Waals surface area contributed by atoms with Crippen molar-refractivity contribution in [3.63, 3.8) is 0 Å². The fraction of sp³-hybridized carbons (Fsp3) is 0.438. The van der Waals surface area contributed by atoms with Crippen LogP contribution < -0.4 is 0 Å². The zero-order valence-electron chi connectivity index (χ0n) is 11.4. The Labute approximate surface area is 114 Å². The van der Waals surface area contributed by atoms with Gasteiger partial charge in [0.2, 0.25) is 0 Å². The van der Waals surface area contributed by atoms with Gasteiger partial charge in [-0.2, -0.15) is 0 Å². The van der Waals surface area contributed by atoms with Gasteiger partial charge in [0.1, 0.15) is 6.61 Å². The van der Waals surface area contributed by atoms with E-state index >= 15 is 0 Å². The summed E-state index contributed by atoms with van der Waals surface area (Å²) < 4.78 is 0. The lowest BCUT2D eigenvalue weighted by Crippen LogP contribution is -2.28. The monoisotopic (exact) mass is 257 g/mol. The minimum absolute atomic E-state index is 0.0407. The number of hydrogen-bond donors (Lipinski definition) is 1. The summed E-state index contributed by atoms with van der Waals surface area (Å²) in [6.45, 7) is 2.62. The summed E-state index contributed by atoms with van der Waals surface area (Å²) in [6, 6.07) is 5.55. The number of aliphatic hydroxyl groups is 1. The van der Waals surface area contributed by atoms with Gasteiger partial charge in [0.25, 0.3) is 5.91 Å². The van der Waals surface area contributed by atoms with E-state index in [-0.39, 0.29) is 12.5 Å². The first-order valence-corrected chi connectivity index (χ1v) is 6.57. The van der Waals surface area contributed by atoms with Crippen molar-refractivity contribution in [1.82, 2.24) is 4.90 Å². The molecular formula is C16H19NO2. The van der Waals surface area contributed by atoms with Gasteiger partial charge in [-0.3, -0.25) is 4.79 Å². The Morgan fingerprint density at radius 1 is 1.47 bits per heavy atom. The van der Waals surface area contributed by atoms with Crippen LogP contribution in [0.25, 0.3) is 0 Å². The van der Waals surface area contributed by atoms with Crippen LogP contribution in [0.3, 0.4) is 0 Å². The molecule has 1 aromatic rings. The number of aliphatic hydroxyl groups excluding tert-OH is 1. The van der Waals surface area contributed by atoms with Crippen LogP contribution in [0.15, 0.2) is 18.2 Å². The molecule has 19 heavy (non-hydrogen) atoms. The molecule has 1 saturated carbocycles. The van der Waals surface area contributed by atoms with Crippen molar-refractivity contribution in [1.29, 1.82) is 0 Å². The van der Waals surface area contributed by atoms with Crippen LogP contribution in [-0.2, 0) is 0 Å². The zero-order chi connectivity index (χ0) is 13.8. The molecule has 1 aliphatic rings. The van der Waals surface area contributed by atoms with E-state index in [0.29, 0.717) is 11.5 Å². The van der Waals surface area contributed by atoms with Crippen molar-refractivity contribution in [3.05, 3.63) is 34.9 Å². The molecule has 0 saturated heterocycles. The van der Waals surface area contributed by atoms with Crippen LogP contribution in [0.4, 0.5) is 0 Å². The normalized spacial score (nSPS) is 13.6. The van der Waals surface area contributed by atoms with Gasteiger partial charge in [-0.05, 0) is 43.4 Å². The summed E-state index contributed by atoms with van der Waals surface area (Å²) in [5, 5.41) is 8.74. The van der Waals surface area contributed by atoms with E-state index in [4.69, 9.17) is 5.11 Å². The van der Waals surface area contributed by atoms with Crippen molar-refractivity contribution in [3.8, 4) is 11.8 Å². The fourth-order valence-corrected chi connectivity index (χ4v) is 2.02. The van der Waals surface area contributed by atoms with E-state index in [0.717, 1.165) is 17.7 Å². The highest BCUT2D eigenvalue weighted by atomic mass is 16.2. The van der Waals surface area contributed by atoms with Gasteiger partial charge in [-0.15, -0.1) is 0 Å². The third kappa shape index (κ3) is 3.59. The molecule has 1 amide bonds. The molecule has 0 atom stereocenters. The molecule has 2 rings (SSSR count). The number of benzene rings is 1. The van der Waals surface area contributed by atoms with E-state index in [1.807, 2.05) is 32.2 Å². The van der Waals surface area contributed by atoms with E-state index in [2.05, 4.69) is 11.8 Å². The van der Waals surface area contributed by atoms with E-state index < -0.39 is 0 Å². The lowest BCUT2D eigenvalue weighted by atomic mass is 10.0. The molecule has 100 valence electrons. The first-order chi connectivity index (χ1) is 9.11. The van der Waals surface area contributed by atoms with Gasteiger partial charge in [0.05, 0.1) is 0 Å². The van der Waals surface area contributed by atoms with Crippen LogP contribution in [0.2, 0.25) is 0 Å². The second-order valence-corrected chi connectivity index (χ2v) is 5.12. The van der Waals surface area contributed by atoms with Crippen LogP contribution >= 0.6 is 0 Å². The van der Waals surface area contributed by atoms with Crippen molar-refractivity contribution in [2.45, 2.75) is 19.8 Å². The number of amides is 1. The molecule has 0 radical (unpaired) electrons. The Bertz CT molecular complexity index is 535. The highest BCUT2D eigenvalue weighted by molar-refractivity contribution is 5.94. The Balaban J connectivity index is 2.16. The summed E-state index contributed by atoms with van der Waals surface area (Å²) in [4.78, 5) is 14.1. The first-order valence-electron chi connectivity index (χ1n) is 6.57. The number of carbonyl (C=O) groups excluding carboxylic acids is 1. The topological polar surface area (TPSA) is 40.5 Å². The molecule has 3 heteroatoms. The molecule has 0 bridgehead atoms. The Morgan fingerprint density at radius 3 is 2.84 bits per heavy atom. The number of aryl methyl sites for hydroxylation is 1. The number of nitrogens with zero attached hydrogens (tertiary/aromatic N) is 1. The van der Waals surface area contributed by atoms with Crippen molar-refractivity contribution in [2.24, 2.45) is 5.92 Å². The molecule has 1 fully saturated rings. The largest absolute Gasteiger partial charge is 0.384 e. The maximum atomic E-state index is 12.3. The molecule has 1 aliphatic carbocycles. The van der Waals surface area contributed by atoms with Crippen molar-refractivity contribution < 1.29 is 9.90 Å². The van der Waals surface area contributed by atoms with Crippen LogP contribution in [0, 0.1) is 24.7 Å². The summed E-state index contributed by atoms with van der Waals surface area (Å²) in [7, 11) is 1.85. The zero-order valence-corrected chi connectivity index (χ0v) is 11.4. The van der Waals surface area contributed by atoms with Gasteiger partial charge in [-0.25, -0.2) is 0 Å². The highest BCUT2D eigenvalue weighted by Crippen LogP contribution is 2.29. The maximum Gasteiger partial charge on any atom is 0.253 e. The third-order valence-electron chi connectivity index (χ3n) is 3.36. The third-order valence-corrected chi connectivity index (χ3v) is 3.36. The quantitative estimate of drug-likeness (QED) is 0.839. The van der Waals surface area contributed by atoms with Gasteiger partial charge >= 0.3 is 0 Å². The fourth-order valence-electron chi connectivity index (χ4n) is 2.02. The van der Waals surface area contributed by atoms with Crippen LogP contribution in [0.5, 0.6) is 0 Å². The molecule has 0 heterocycles. The van der Waals surface area contributed by atoms with Crippen LogP contribution in [0.1, 0.15) is 34.3 Å². The molecule has 3 nitrogen and oxygen atoms in total. The number of hydrogen-bond acceptors (Lipinski definition) is 2. The number of rotatable bonds is 3. The Kier molecular flexibility index (Phi) is 4.24. The Morgan fingerprint density at radius 2 is 2.21 bits per heavy atom. The minimum Gasteiger partial charge on any atom is -0.384 e. The minimum atomic E-state index is -0.167. The lowest BCUT2D eigenvalue weighted by Gasteiger charge is -2.17. The average molecular weight is 257 g/mol. The molecular weight excluding hydrogens is 238 g/mol. The predicted octanol–water partition coefficient (Wildman–Crippen LogP) is 1.82. The SMILES string of the molecule is Cc1ccc(C(=O)N(C)CC2CC2)cc1C#CCO. The van der Waals surface area contributed by atoms with Gasteiger partial charge in [0.15, 0.2) is 0 Å². The van der Waals surface area contributed by atoms with Gasteiger partial charge < -0.3 is 10.0 Å². The molecule has 0 unspecified atom stereocenters. The summed E-state index contributed by atoms with van der Waals surface area (Å²) in [6.07, 6.45) is 2.47. The molecule has 1 aromatic carbocycles. The lowest BCUT2D eigenvalue weighted by molar-refractivity contribution is 0.0788. The highest BCUT2D eigenvalue weighted by Gasteiger charge is 2.25. The summed E-state index contributed by atoms with van der Waals surface area (Å²) >= 11 is 0. The smallest absolute Gasteiger partial charge is 0.253 e. The second kappa shape index (κ2) is 5.90. The summed E-state index contributed by atoms with van der Waals surface area (Å²) in [5.41, 5.74) is 2.48. The van der Waals surface area contributed by atoms with Crippen molar-refractivity contribution in [2.75, 3.05) is 20.2 Å². The molecule has 1 N–H and O–H groups in total. The maximum absolute atomic E-state index is 12.3. The van der Waals surface area contributed by atoms with Gasteiger partial charge in [-0.1, -0.05) is 17.9 Å². The van der Waals surface area contributed by atoms with Crippen LogP contribution in [-0.4, -0.2) is 36.1 Å². The van der Waals surface area contributed by atoms with E-state index in [9.17, 15) is 4.79 Å². The molecule has 0 aliphatic heterocycles. The van der Waals surface area contributed by atoms with Gasteiger partial charge in [0, 0.05) is 24.7 Å². The van der Waals surface area contributed by atoms with E-state index in [1.165, 1.54) is 12.8 Å². The first kappa shape index (κ1) is 13.6. The predicted molar refractivity (Wildman–Crippen MR) is 74.8 cm³/mol. The second-order valence-electron chi connectivity index (χ2n) is 5.12. The summed E-state index contributed by atoms with van der Waals surface area (Å²) in [5.74, 6) is 6.23.